The van der Waals surface area contributed by atoms with Gasteiger partial charge in [-0.05, 0) is 37.0 Å². The first kappa shape index (κ1) is 10.6. The third kappa shape index (κ3) is 2.23. The number of hydrogen-bond acceptors (Lipinski definition) is 1. The van der Waals surface area contributed by atoms with Crippen molar-refractivity contribution >= 4 is 11.6 Å². The fourth-order valence-corrected chi connectivity index (χ4v) is 1.52. The Labute approximate surface area is 84.4 Å². The van der Waals surface area contributed by atoms with Gasteiger partial charge in [-0.15, -0.1) is 0 Å². The lowest BCUT2D eigenvalue weighted by Crippen LogP contribution is -1.97. The van der Waals surface area contributed by atoms with Crippen molar-refractivity contribution in [3.05, 3.63) is 33.8 Å². The van der Waals surface area contributed by atoms with Gasteiger partial charge in [0, 0.05) is 5.02 Å². The van der Waals surface area contributed by atoms with Gasteiger partial charge in [-0.3, -0.25) is 0 Å². The van der Waals surface area contributed by atoms with E-state index in [-0.39, 0.29) is 6.10 Å². The summed E-state index contributed by atoms with van der Waals surface area (Å²) in [6, 6.07) is 3.90. The van der Waals surface area contributed by atoms with Gasteiger partial charge in [-0.2, -0.15) is 0 Å². The molecule has 0 spiro atoms. The van der Waals surface area contributed by atoms with E-state index in [4.69, 9.17) is 11.6 Å². The van der Waals surface area contributed by atoms with Crippen molar-refractivity contribution in [2.24, 2.45) is 0 Å². The normalized spacial score (nSPS) is 13.0. The number of aryl methyl sites for hydroxylation is 2. The van der Waals surface area contributed by atoms with Crippen molar-refractivity contribution in [1.29, 1.82) is 0 Å². The molecule has 0 heterocycles. The predicted molar refractivity (Wildman–Crippen MR) is 56.2 cm³/mol. The molecule has 0 amide bonds. The molecule has 1 aromatic rings. The largest absolute Gasteiger partial charge is 0.388 e. The second kappa shape index (κ2) is 4.12. The number of rotatable bonds is 2. The molecular weight excluding hydrogens is 184 g/mol. The molecule has 0 saturated heterocycles. The monoisotopic (exact) mass is 198 g/mol. The first-order valence-electron chi connectivity index (χ1n) is 4.51. The Morgan fingerprint density at radius 1 is 1.31 bits per heavy atom. The molecule has 13 heavy (non-hydrogen) atoms. The highest BCUT2D eigenvalue weighted by atomic mass is 35.5. The Bertz CT molecular complexity index is 284. The van der Waals surface area contributed by atoms with Crippen LogP contribution < -0.4 is 0 Å². The van der Waals surface area contributed by atoms with E-state index >= 15 is 0 Å². The van der Waals surface area contributed by atoms with Gasteiger partial charge < -0.3 is 5.11 Å². The van der Waals surface area contributed by atoms with E-state index in [9.17, 15) is 5.11 Å². The Morgan fingerprint density at radius 2 is 1.77 bits per heavy atom. The minimum absolute atomic E-state index is 0.366. The highest BCUT2D eigenvalue weighted by Crippen LogP contribution is 2.26. The van der Waals surface area contributed by atoms with Gasteiger partial charge in [-0.1, -0.05) is 30.7 Å². The van der Waals surface area contributed by atoms with Crippen LogP contribution in [0.2, 0.25) is 5.02 Å². The van der Waals surface area contributed by atoms with Crippen LogP contribution in [0, 0.1) is 13.8 Å². The fourth-order valence-electron chi connectivity index (χ4n) is 1.41. The molecule has 0 aliphatic rings. The molecule has 72 valence electrons. The maximum atomic E-state index is 9.63. The number of halogens is 1. The molecule has 1 atom stereocenters. The van der Waals surface area contributed by atoms with E-state index in [1.165, 1.54) is 0 Å². The van der Waals surface area contributed by atoms with Crippen LogP contribution in [-0.4, -0.2) is 5.11 Å². The summed E-state index contributed by atoms with van der Waals surface area (Å²) in [7, 11) is 0. The minimum atomic E-state index is -0.366. The molecule has 1 nitrogen and oxygen atoms in total. The Kier molecular flexibility index (Phi) is 3.34. The molecule has 1 rings (SSSR count). The van der Waals surface area contributed by atoms with Gasteiger partial charge in [0.15, 0.2) is 0 Å². The van der Waals surface area contributed by atoms with Gasteiger partial charge in [-0.25, -0.2) is 0 Å². The maximum absolute atomic E-state index is 9.63. The van der Waals surface area contributed by atoms with Crippen LogP contribution in [0.5, 0.6) is 0 Å². The summed E-state index contributed by atoms with van der Waals surface area (Å²) in [6.45, 7) is 5.88. The molecule has 2 heteroatoms. The molecule has 0 saturated carbocycles. The van der Waals surface area contributed by atoms with Crippen LogP contribution in [-0.2, 0) is 0 Å². The van der Waals surface area contributed by atoms with Crippen LogP contribution in [0.1, 0.15) is 36.1 Å². The van der Waals surface area contributed by atoms with Crippen molar-refractivity contribution in [2.45, 2.75) is 33.3 Å². The zero-order chi connectivity index (χ0) is 10.0. The first-order valence-corrected chi connectivity index (χ1v) is 4.88. The lowest BCUT2D eigenvalue weighted by atomic mass is 10.0. The van der Waals surface area contributed by atoms with Crippen molar-refractivity contribution in [3.8, 4) is 0 Å². The summed E-state index contributed by atoms with van der Waals surface area (Å²) < 4.78 is 0. The third-order valence-electron chi connectivity index (χ3n) is 2.23. The van der Waals surface area contributed by atoms with E-state index in [2.05, 4.69) is 0 Å². The number of aliphatic hydroxyl groups excluding tert-OH is 1. The topological polar surface area (TPSA) is 20.2 Å². The lowest BCUT2D eigenvalue weighted by Gasteiger charge is -2.11. The van der Waals surface area contributed by atoms with Gasteiger partial charge in [0.2, 0.25) is 0 Å². The van der Waals surface area contributed by atoms with Gasteiger partial charge in [0.1, 0.15) is 0 Å². The Balaban J connectivity index is 3.13. The van der Waals surface area contributed by atoms with E-state index in [1.807, 2.05) is 32.9 Å². The summed E-state index contributed by atoms with van der Waals surface area (Å²) in [5, 5.41) is 10.4. The van der Waals surface area contributed by atoms with E-state index in [0.717, 1.165) is 28.1 Å². The number of aliphatic hydroxyl groups is 1. The summed E-state index contributed by atoms with van der Waals surface area (Å²) in [4.78, 5) is 0. The second-order valence-corrected chi connectivity index (χ2v) is 3.77. The SMILES string of the molecule is CCC(O)c1cc(C)c(Cl)c(C)c1. The quantitative estimate of drug-likeness (QED) is 0.773. The van der Waals surface area contributed by atoms with Crippen LogP contribution in [0.25, 0.3) is 0 Å². The zero-order valence-corrected chi connectivity index (χ0v) is 9.02. The van der Waals surface area contributed by atoms with Crippen molar-refractivity contribution < 1.29 is 5.11 Å². The average Bonchev–Trinajstić information content (AvgIpc) is 2.12. The van der Waals surface area contributed by atoms with Gasteiger partial charge in [0.05, 0.1) is 6.10 Å². The van der Waals surface area contributed by atoms with Crippen LogP contribution >= 0.6 is 11.6 Å². The zero-order valence-electron chi connectivity index (χ0n) is 8.26. The summed E-state index contributed by atoms with van der Waals surface area (Å²) in [5.74, 6) is 0. The molecule has 0 radical (unpaired) electrons. The molecule has 1 unspecified atom stereocenters. The highest BCUT2D eigenvalue weighted by Gasteiger charge is 2.08. The molecular formula is C11H15ClO. The van der Waals surface area contributed by atoms with Gasteiger partial charge >= 0.3 is 0 Å². The number of hydrogen-bond donors (Lipinski definition) is 1. The molecule has 1 aromatic carbocycles. The standard InChI is InChI=1S/C11H15ClO/c1-4-10(13)9-5-7(2)11(12)8(3)6-9/h5-6,10,13H,4H2,1-3H3. The summed E-state index contributed by atoms with van der Waals surface area (Å²) in [5.41, 5.74) is 3.02. The van der Waals surface area contributed by atoms with Crippen LogP contribution in [0.3, 0.4) is 0 Å². The van der Waals surface area contributed by atoms with Crippen molar-refractivity contribution in [2.75, 3.05) is 0 Å². The Hall–Kier alpha value is -0.530. The number of benzene rings is 1. The van der Waals surface area contributed by atoms with Crippen LogP contribution in [0.4, 0.5) is 0 Å². The van der Waals surface area contributed by atoms with Crippen LogP contribution in [0.15, 0.2) is 12.1 Å². The first-order chi connectivity index (χ1) is 6.06. The molecule has 0 fully saturated rings. The van der Waals surface area contributed by atoms with E-state index in [1.54, 1.807) is 0 Å². The van der Waals surface area contributed by atoms with E-state index in [0.29, 0.717) is 0 Å². The fraction of sp³-hybridized carbons (Fsp3) is 0.455. The molecule has 0 aromatic heterocycles. The van der Waals surface area contributed by atoms with Gasteiger partial charge in [0.25, 0.3) is 0 Å². The van der Waals surface area contributed by atoms with E-state index < -0.39 is 0 Å². The third-order valence-corrected chi connectivity index (χ3v) is 2.83. The maximum Gasteiger partial charge on any atom is 0.0787 e. The molecule has 0 aliphatic carbocycles. The predicted octanol–water partition coefficient (Wildman–Crippen LogP) is 3.40. The minimum Gasteiger partial charge on any atom is -0.388 e. The Morgan fingerprint density at radius 3 is 2.15 bits per heavy atom. The second-order valence-electron chi connectivity index (χ2n) is 3.39. The average molecular weight is 199 g/mol. The molecule has 1 N–H and O–H groups in total. The summed E-state index contributed by atoms with van der Waals surface area (Å²) >= 11 is 6.02. The smallest absolute Gasteiger partial charge is 0.0787 e. The van der Waals surface area contributed by atoms with Crippen molar-refractivity contribution in [3.63, 3.8) is 0 Å². The summed E-state index contributed by atoms with van der Waals surface area (Å²) in [6.07, 6.45) is 0.371. The lowest BCUT2D eigenvalue weighted by molar-refractivity contribution is 0.173. The molecule has 0 bridgehead atoms. The van der Waals surface area contributed by atoms with Crippen molar-refractivity contribution in [1.82, 2.24) is 0 Å². The highest BCUT2D eigenvalue weighted by molar-refractivity contribution is 6.32. The molecule has 0 aliphatic heterocycles.